The summed E-state index contributed by atoms with van der Waals surface area (Å²) >= 11 is 0. The van der Waals surface area contributed by atoms with Crippen molar-refractivity contribution in [3.8, 4) is 5.75 Å². The molecule has 0 saturated carbocycles. The maximum absolute atomic E-state index is 12.2. The van der Waals surface area contributed by atoms with E-state index in [0.717, 1.165) is 0 Å². The van der Waals surface area contributed by atoms with E-state index in [1.165, 1.54) is 12.1 Å². The minimum Gasteiger partial charge on any atom is -0.494 e. The van der Waals surface area contributed by atoms with Crippen molar-refractivity contribution < 1.29 is 17.9 Å². The van der Waals surface area contributed by atoms with E-state index in [2.05, 4.69) is 4.72 Å². The predicted octanol–water partition coefficient (Wildman–Crippen LogP) is 1.87. The first-order valence-electron chi connectivity index (χ1n) is 7.72. The number of hydrogen-bond donors (Lipinski definition) is 1. The van der Waals surface area contributed by atoms with E-state index >= 15 is 0 Å². The Morgan fingerprint density at radius 1 is 1.26 bits per heavy atom. The van der Waals surface area contributed by atoms with E-state index in [1.54, 1.807) is 24.1 Å². The molecule has 1 rings (SSSR count). The Kier molecular flexibility index (Phi) is 7.51. The Balaban J connectivity index is 2.54. The van der Waals surface area contributed by atoms with Crippen LogP contribution in [0.2, 0.25) is 0 Å². The molecule has 23 heavy (non-hydrogen) atoms. The van der Waals surface area contributed by atoms with Crippen LogP contribution in [0.5, 0.6) is 5.75 Å². The van der Waals surface area contributed by atoms with Gasteiger partial charge >= 0.3 is 0 Å². The molecule has 0 bridgehead atoms. The minimum absolute atomic E-state index is 0.0758. The summed E-state index contributed by atoms with van der Waals surface area (Å²) in [6, 6.07) is 6.19. The summed E-state index contributed by atoms with van der Waals surface area (Å²) in [4.78, 5) is 13.7. The van der Waals surface area contributed by atoms with Crippen molar-refractivity contribution in [2.45, 2.75) is 32.1 Å². The molecule has 0 fully saturated rings. The molecule has 0 unspecified atom stereocenters. The molecule has 1 amide bonds. The van der Waals surface area contributed by atoms with Crippen LogP contribution >= 0.6 is 0 Å². The van der Waals surface area contributed by atoms with Crippen molar-refractivity contribution >= 4 is 15.9 Å². The van der Waals surface area contributed by atoms with E-state index in [1.807, 2.05) is 20.8 Å². The summed E-state index contributed by atoms with van der Waals surface area (Å²) in [7, 11) is -1.89. The van der Waals surface area contributed by atoms with E-state index in [0.29, 0.717) is 24.8 Å². The highest BCUT2D eigenvalue weighted by molar-refractivity contribution is 7.89. The molecule has 7 heteroatoms. The van der Waals surface area contributed by atoms with Crippen molar-refractivity contribution in [1.29, 1.82) is 0 Å². The second-order valence-electron chi connectivity index (χ2n) is 5.72. The van der Waals surface area contributed by atoms with Gasteiger partial charge in [-0.2, -0.15) is 0 Å². The number of sulfonamides is 1. The number of benzene rings is 1. The van der Waals surface area contributed by atoms with Gasteiger partial charge in [0.15, 0.2) is 0 Å². The highest BCUT2D eigenvalue weighted by Crippen LogP contribution is 2.15. The van der Waals surface area contributed by atoms with E-state index < -0.39 is 10.0 Å². The molecule has 0 radical (unpaired) electrons. The van der Waals surface area contributed by atoms with Crippen LogP contribution in [0.1, 0.15) is 27.2 Å². The van der Waals surface area contributed by atoms with Crippen molar-refractivity contribution in [3.63, 3.8) is 0 Å². The Morgan fingerprint density at radius 3 is 2.39 bits per heavy atom. The topological polar surface area (TPSA) is 75.7 Å². The lowest BCUT2D eigenvalue weighted by molar-refractivity contribution is -0.130. The minimum atomic E-state index is -3.61. The predicted molar refractivity (Wildman–Crippen MR) is 89.9 cm³/mol. The first kappa shape index (κ1) is 19.4. The molecule has 1 N–H and O–H groups in total. The summed E-state index contributed by atoms with van der Waals surface area (Å²) in [6.07, 6.45) is 0.138. The number of hydrogen-bond acceptors (Lipinski definition) is 4. The number of nitrogens with one attached hydrogen (secondary N) is 1. The van der Waals surface area contributed by atoms with Crippen molar-refractivity contribution in [3.05, 3.63) is 24.3 Å². The van der Waals surface area contributed by atoms with Gasteiger partial charge in [-0.3, -0.25) is 4.79 Å². The van der Waals surface area contributed by atoms with Crippen molar-refractivity contribution in [1.82, 2.24) is 9.62 Å². The summed E-state index contributed by atoms with van der Waals surface area (Å²) in [5.41, 5.74) is 0. The Morgan fingerprint density at radius 2 is 1.87 bits per heavy atom. The molecule has 130 valence electrons. The van der Waals surface area contributed by atoms with Crippen LogP contribution in [0.15, 0.2) is 29.2 Å². The standard InChI is InChI=1S/C16H26N2O4S/c1-5-22-14-6-8-15(9-7-14)23(20,21)17-11-10-16(19)18(4)12-13(2)3/h6-9,13,17H,5,10-12H2,1-4H3. The lowest BCUT2D eigenvalue weighted by atomic mass is 10.2. The number of carbonyl (C=O) groups is 1. The SMILES string of the molecule is CCOc1ccc(S(=O)(=O)NCCC(=O)N(C)CC(C)C)cc1. The van der Waals surface area contributed by atoms with Gasteiger partial charge in [-0.05, 0) is 37.1 Å². The lowest BCUT2D eigenvalue weighted by Crippen LogP contribution is -2.34. The third kappa shape index (κ3) is 6.58. The second kappa shape index (κ2) is 8.88. The summed E-state index contributed by atoms with van der Waals surface area (Å²) in [5.74, 6) is 0.925. The second-order valence-corrected chi connectivity index (χ2v) is 7.49. The zero-order chi connectivity index (χ0) is 17.5. The highest BCUT2D eigenvalue weighted by atomic mass is 32.2. The van der Waals surface area contributed by atoms with Gasteiger partial charge in [-0.25, -0.2) is 13.1 Å². The van der Waals surface area contributed by atoms with Gasteiger partial charge in [-0.1, -0.05) is 13.8 Å². The number of amides is 1. The average Bonchev–Trinajstić information content (AvgIpc) is 2.47. The fourth-order valence-corrected chi connectivity index (χ4v) is 3.13. The normalized spacial score (nSPS) is 11.5. The zero-order valence-electron chi connectivity index (χ0n) is 14.2. The average molecular weight is 342 g/mol. The monoisotopic (exact) mass is 342 g/mol. The van der Waals surface area contributed by atoms with Crippen molar-refractivity contribution in [2.24, 2.45) is 5.92 Å². The Bertz CT molecular complexity index is 597. The van der Waals surface area contributed by atoms with E-state index in [-0.39, 0.29) is 23.8 Å². The summed E-state index contributed by atoms with van der Waals surface area (Å²) in [6.45, 7) is 7.17. The fourth-order valence-electron chi connectivity index (χ4n) is 2.10. The molecule has 6 nitrogen and oxygen atoms in total. The number of rotatable bonds is 9. The van der Waals surface area contributed by atoms with Gasteiger partial charge in [0.2, 0.25) is 15.9 Å². The first-order chi connectivity index (χ1) is 10.8. The summed E-state index contributed by atoms with van der Waals surface area (Å²) in [5, 5.41) is 0. The molecular weight excluding hydrogens is 316 g/mol. The van der Waals surface area contributed by atoms with Gasteiger partial charge in [0.25, 0.3) is 0 Å². The zero-order valence-corrected chi connectivity index (χ0v) is 15.0. The van der Waals surface area contributed by atoms with Gasteiger partial charge in [-0.15, -0.1) is 0 Å². The van der Waals surface area contributed by atoms with Crippen LogP contribution in [0.3, 0.4) is 0 Å². The van der Waals surface area contributed by atoms with Gasteiger partial charge < -0.3 is 9.64 Å². The molecule has 0 heterocycles. The maximum Gasteiger partial charge on any atom is 0.240 e. The van der Waals surface area contributed by atoms with Crippen LogP contribution in [0, 0.1) is 5.92 Å². The molecule has 0 aliphatic carbocycles. The molecular formula is C16H26N2O4S. The first-order valence-corrected chi connectivity index (χ1v) is 9.21. The Labute approximate surface area is 138 Å². The number of carbonyl (C=O) groups excluding carboxylic acids is 1. The number of nitrogens with zero attached hydrogens (tertiary/aromatic N) is 1. The summed E-state index contributed by atoms with van der Waals surface area (Å²) < 4.78 is 32.0. The Hall–Kier alpha value is -1.60. The highest BCUT2D eigenvalue weighted by Gasteiger charge is 2.15. The smallest absolute Gasteiger partial charge is 0.240 e. The molecule has 0 atom stereocenters. The fraction of sp³-hybridized carbons (Fsp3) is 0.562. The number of ether oxygens (including phenoxy) is 1. The third-order valence-corrected chi connectivity index (χ3v) is 4.62. The van der Waals surface area contributed by atoms with Crippen molar-refractivity contribution in [2.75, 3.05) is 26.7 Å². The quantitative estimate of drug-likeness (QED) is 0.743. The molecule has 0 aliphatic heterocycles. The van der Waals surface area contributed by atoms with Gasteiger partial charge in [0, 0.05) is 26.6 Å². The van der Waals surface area contributed by atoms with Crippen LogP contribution in [-0.2, 0) is 14.8 Å². The molecule has 1 aromatic rings. The molecule has 1 aromatic carbocycles. The van der Waals surface area contributed by atoms with Gasteiger partial charge in [0.1, 0.15) is 5.75 Å². The van der Waals surface area contributed by atoms with Crippen LogP contribution in [0.25, 0.3) is 0 Å². The van der Waals surface area contributed by atoms with Crippen LogP contribution in [0.4, 0.5) is 0 Å². The van der Waals surface area contributed by atoms with E-state index in [9.17, 15) is 13.2 Å². The van der Waals surface area contributed by atoms with Gasteiger partial charge in [0.05, 0.1) is 11.5 Å². The molecule has 0 aliphatic rings. The largest absolute Gasteiger partial charge is 0.494 e. The van der Waals surface area contributed by atoms with E-state index in [4.69, 9.17) is 4.74 Å². The molecule has 0 spiro atoms. The molecule has 0 aromatic heterocycles. The maximum atomic E-state index is 12.2. The van der Waals surface area contributed by atoms with Crippen LogP contribution in [-0.4, -0.2) is 46.0 Å². The van der Waals surface area contributed by atoms with Crippen LogP contribution < -0.4 is 9.46 Å². The molecule has 0 saturated heterocycles. The lowest BCUT2D eigenvalue weighted by Gasteiger charge is -2.19. The third-order valence-electron chi connectivity index (χ3n) is 3.14.